The topological polar surface area (TPSA) is 84.5 Å². The largest absolute Gasteiger partial charge is 0.490 e. The number of hydrogen-bond donors (Lipinski definition) is 2. The molecule has 0 heterocycles. The van der Waals surface area contributed by atoms with Gasteiger partial charge in [0.2, 0.25) is 0 Å². The van der Waals surface area contributed by atoms with Gasteiger partial charge in [-0.15, -0.1) is 0 Å². The first-order valence-electron chi connectivity index (χ1n) is 9.32. The lowest BCUT2D eigenvalue weighted by molar-refractivity contribution is 0.102. The van der Waals surface area contributed by atoms with Crippen LogP contribution in [0.15, 0.2) is 84.3 Å². The van der Waals surface area contributed by atoms with E-state index in [0.717, 1.165) is 5.56 Å². The Morgan fingerprint density at radius 2 is 1.74 bits per heavy atom. The van der Waals surface area contributed by atoms with Crippen molar-refractivity contribution in [2.75, 3.05) is 16.6 Å². The maximum atomic E-state index is 12.7. The fourth-order valence-corrected chi connectivity index (χ4v) is 3.98. The van der Waals surface area contributed by atoms with Gasteiger partial charge in [0.05, 0.1) is 10.6 Å². The molecule has 3 rings (SSSR count). The number of anilines is 2. The summed E-state index contributed by atoms with van der Waals surface area (Å²) in [6.45, 7) is 5.75. The Balaban J connectivity index is 1.68. The average Bonchev–Trinajstić information content (AvgIpc) is 2.75. The Kier molecular flexibility index (Phi) is 6.99. The third-order valence-corrected chi connectivity index (χ3v) is 5.97. The van der Waals surface area contributed by atoms with Crippen LogP contribution in [0, 0.1) is 6.92 Å². The van der Waals surface area contributed by atoms with Crippen molar-refractivity contribution in [1.29, 1.82) is 0 Å². The number of amides is 1. The van der Waals surface area contributed by atoms with Crippen molar-refractivity contribution >= 4 is 38.9 Å². The van der Waals surface area contributed by atoms with Crippen LogP contribution >= 0.6 is 11.6 Å². The predicted molar refractivity (Wildman–Crippen MR) is 124 cm³/mol. The summed E-state index contributed by atoms with van der Waals surface area (Å²) < 4.78 is 33.3. The third kappa shape index (κ3) is 5.87. The van der Waals surface area contributed by atoms with Gasteiger partial charge in [0.25, 0.3) is 15.9 Å². The van der Waals surface area contributed by atoms with E-state index in [1.807, 2.05) is 0 Å². The van der Waals surface area contributed by atoms with Crippen LogP contribution in [0.2, 0.25) is 5.02 Å². The highest BCUT2D eigenvalue weighted by Crippen LogP contribution is 2.24. The fourth-order valence-electron chi connectivity index (χ4n) is 2.69. The lowest BCUT2D eigenvalue weighted by atomic mass is 10.2. The molecule has 2 N–H and O–H groups in total. The van der Waals surface area contributed by atoms with Crippen molar-refractivity contribution in [2.45, 2.75) is 11.8 Å². The first-order chi connectivity index (χ1) is 14.8. The summed E-state index contributed by atoms with van der Waals surface area (Å²) in [5, 5.41) is 3.17. The normalized spacial score (nSPS) is 10.9. The van der Waals surface area contributed by atoms with Crippen molar-refractivity contribution in [3.05, 3.63) is 95.5 Å². The van der Waals surface area contributed by atoms with Gasteiger partial charge in [-0.25, -0.2) is 8.42 Å². The Morgan fingerprint density at radius 1 is 1.06 bits per heavy atom. The highest BCUT2D eigenvalue weighted by atomic mass is 35.5. The number of rotatable bonds is 8. The molecule has 0 unspecified atom stereocenters. The van der Waals surface area contributed by atoms with Gasteiger partial charge in [-0.05, 0) is 73.2 Å². The zero-order valence-electron chi connectivity index (χ0n) is 16.8. The van der Waals surface area contributed by atoms with Gasteiger partial charge in [-0.1, -0.05) is 30.3 Å². The van der Waals surface area contributed by atoms with Crippen molar-refractivity contribution in [3.63, 3.8) is 0 Å². The first-order valence-corrected chi connectivity index (χ1v) is 11.2. The zero-order valence-corrected chi connectivity index (χ0v) is 18.3. The van der Waals surface area contributed by atoms with Crippen LogP contribution in [0.1, 0.15) is 15.9 Å². The molecule has 160 valence electrons. The smallest absolute Gasteiger partial charge is 0.261 e. The second-order valence-electron chi connectivity index (χ2n) is 6.67. The second kappa shape index (κ2) is 9.68. The predicted octanol–water partition coefficient (Wildman–Crippen LogP) is 5.27. The van der Waals surface area contributed by atoms with Crippen molar-refractivity contribution in [2.24, 2.45) is 0 Å². The van der Waals surface area contributed by atoms with Gasteiger partial charge in [-0.2, -0.15) is 0 Å². The molecule has 0 atom stereocenters. The van der Waals surface area contributed by atoms with E-state index in [1.54, 1.807) is 55.5 Å². The lowest BCUT2D eigenvalue weighted by Gasteiger charge is -2.12. The molecular weight excluding hydrogens is 436 g/mol. The summed E-state index contributed by atoms with van der Waals surface area (Å²) in [6.07, 6.45) is 1.64. The molecule has 8 heteroatoms. The molecular formula is C23H21ClN2O4S. The van der Waals surface area contributed by atoms with E-state index in [1.165, 1.54) is 24.3 Å². The van der Waals surface area contributed by atoms with E-state index >= 15 is 0 Å². The highest BCUT2D eigenvalue weighted by Gasteiger charge is 2.16. The second-order valence-corrected chi connectivity index (χ2v) is 8.79. The maximum Gasteiger partial charge on any atom is 0.261 e. The molecule has 3 aromatic rings. The Morgan fingerprint density at radius 3 is 2.39 bits per heavy atom. The fraction of sp³-hybridized carbons (Fsp3) is 0.0870. The number of ether oxygens (including phenoxy) is 1. The minimum atomic E-state index is -3.80. The van der Waals surface area contributed by atoms with Crippen molar-refractivity contribution in [3.8, 4) is 5.75 Å². The summed E-state index contributed by atoms with van der Waals surface area (Å²) in [4.78, 5) is 12.5. The van der Waals surface area contributed by atoms with E-state index < -0.39 is 10.0 Å². The third-order valence-electron chi connectivity index (χ3n) is 4.35. The Bertz CT molecular complexity index is 1190. The molecule has 0 aromatic heterocycles. The molecule has 6 nitrogen and oxygen atoms in total. The number of carbonyl (C=O) groups is 1. The molecule has 31 heavy (non-hydrogen) atoms. The molecule has 0 spiro atoms. The average molecular weight is 457 g/mol. The zero-order chi connectivity index (χ0) is 22.4. The number of halogens is 1. The van der Waals surface area contributed by atoms with Crippen LogP contribution in [0.4, 0.5) is 11.4 Å². The molecule has 0 bridgehead atoms. The van der Waals surface area contributed by atoms with E-state index in [0.29, 0.717) is 34.3 Å². The number of sulfonamides is 1. The summed E-state index contributed by atoms with van der Waals surface area (Å²) in [7, 11) is -3.80. The molecule has 0 aliphatic heterocycles. The van der Waals surface area contributed by atoms with Crippen LogP contribution in [0.5, 0.6) is 5.75 Å². The van der Waals surface area contributed by atoms with Crippen molar-refractivity contribution in [1.82, 2.24) is 0 Å². The standard InChI is InChI=1S/C23H21ClN2O4S/c1-3-14-30-20-10-5-17(6-11-20)23(27)25-19-8-12-21(13-9-19)31(28,29)26-22-15-18(24)7-4-16(22)2/h3-13,15,26H,1,14H2,2H3,(H,25,27). The molecule has 0 radical (unpaired) electrons. The number of nitrogens with one attached hydrogen (secondary N) is 2. The molecule has 0 aliphatic rings. The van der Waals surface area contributed by atoms with E-state index in [-0.39, 0.29) is 10.8 Å². The minimum absolute atomic E-state index is 0.0635. The molecule has 0 saturated heterocycles. The van der Waals surface area contributed by atoms with Gasteiger partial charge >= 0.3 is 0 Å². The first kappa shape index (κ1) is 22.4. The Labute approximate surface area is 186 Å². The molecule has 0 saturated carbocycles. The van der Waals surface area contributed by atoms with Gasteiger partial charge in [0, 0.05) is 16.3 Å². The molecule has 0 fully saturated rings. The number of hydrogen-bond acceptors (Lipinski definition) is 4. The SMILES string of the molecule is C=CCOc1ccc(C(=O)Nc2ccc(S(=O)(=O)Nc3cc(Cl)ccc3C)cc2)cc1. The molecule has 3 aromatic carbocycles. The van der Waals surface area contributed by atoms with Crippen LogP contribution < -0.4 is 14.8 Å². The summed E-state index contributed by atoms with van der Waals surface area (Å²) in [5.41, 5.74) is 2.07. The summed E-state index contributed by atoms with van der Waals surface area (Å²) in [5.74, 6) is 0.312. The van der Waals surface area contributed by atoms with E-state index in [4.69, 9.17) is 16.3 Å². The molecule has 0 aliphatic carbocycles. The quantitative estimate of drug-likeness (QED) is 0.452. The highest BCUT2D eigenvalue weighted by molar-refractivity contribution is 7.92. The maximum absolute atomic E-state index is 12.7. The van der Waals surface area contributed by atoms with E-state index in [2.05, 4.69) is 16.6 Å². The number of benzene rings is 3. The Hall–Kier alpha value is -3.29. The van der Waals surface area contributed by atoms with Crippen molar-refractivity contribution < 1.29 is 17.9 Å². The monoisotopic (exact) mass is 456 g/mol. The molecule has 1 amide bonds. The van der Waals surface area contributed by atoms with Crippen LogP contribution in [0.3, 0.4) is 0 Å². The number of carbonyl (C=O) groups excluding carboxylic acids is 1. The van der Waals surface area contributed by atoms with Gasteiger partial charge in [0.15, 0.2) is 0 Å². The van der Waals surface area contributed by atoms with Gasteiger partial charge < -0.3 is 10.1 Å². The van der Waals surface area contributed by atoms with Crippen LogP contribution in [0.25, 0.3) is 0 Å². The summed E-state index contributed by atoms with van der Waals surface area (Å²) >= 11 is 5.96. The van der Waals surface area contributed by atoms with Crippen LogP contribution in [-0.2, 0) is 10.0 Å². The summed E-state index contributed by atoms with van der Waals surface area (Å²) in [6, 6.07) is 17.5. The van der Waals surface area contributed by atoms with Gasteiger partial charge in [-0.3, -0.25) is 9.52 Å². The lowest BCUT2D eigenvalue weighted by Crippen LogP contribution is -2.14. The van der Waals surface area contributed by atoms with Gasteiger partial charge in [0.1, 0.15) is 12.4 Å². The minimum Gasteiger partial charge on any atom is -0.490 e. The van der Waals surface area contributed by atoms with Crippen LogP contribution in [-0.4, -0.2) is 20.9 Å². The van der Waals surface area contributed by atoms with E-state index in [9.17, 15) is 13.2 Å². The number of aryl methyl sites for hydroxylation is 1.